The van der Waals surface area contributed by atoms with Gasteiger partial charge in [0.15, 0.2) is 0 Å². The van der Waals surface area contributed by atoms with Gasteiger partial charge in [0.25, 0.3) is 0 Å². The van der Waals surface area contributed by atoms with Crippen LogP contribution in [0.15, 0.2) is 0 Å². The molecule has 5 heteroatoms. The van der Waals surface area contributed by atoms with Gasteiger partial charge in [-0.2, -0.15) is 13.2 Å². The van der Waals surface area contributed by atoms with Crippen LogP contribution in [0.3, 0.4) is 0 Å². The van der Waals surface area contributed by atoms with Gasteiger partial charge in [0.05, 0.1) is 6.54 Å². The first-order chi connectivity index (χ1) is 7.37. The molecule has 0 aromatic rings. The Hall–Kier alpha value is -0.290. The smallest absolute Gasteiger partial charge is 0.314 e. The Morgan fingerprint density at radius 1 is 1.25 bits per heavy atom. The number of alkyl halides is 3. The lowest BCUT2D eigenvalue weighted by Crippen LogP contribution is -2.46. The van der Waals surface area contributed by atoms with Gasteiger partial charge in [-0.25, -0.2) is 0 Å². The maximum Gasteiger partial charge on any atom is 0.401 e. The second-order valence-corrected chi connectivity index (χ2v) is 4.97. The van der Waals surface area contributed by atoms with E-state index in [9.17, 15) is 13.2 Å². The Kier molecular flexibility index (Phi) is 5.05. The molecule has 2 nitrogen and oxygen atoms in total. The van der Waals surface area contributed by atoms with E-state index < -0.39 is 12.7 Å². The highest BCUT2D eigenvalue weighted by molar-refractivity contribution is 4.78. The molecule has 0 atom stereocenters. The molecular formula is C11H21F3N2. The number of halogens is 3. The standard InChI is InChI=1S/C11H21F3N2/c1-9(2)7-15-10-3-5-16(6-4-10)8-11(12,13)14/h9-10,15H,3-8H2,1-2H3. The van der Waals surface area contributed by atoms with Crippen molar-refractivity contribution < 1.29 is 13.2 Å². The van der Waals surface area contributed by atoms with Gasteiger partial charge in [-0.05, 0) is 38.4 Å². The molecule has 1 aliphatic heterocycles. The molecule has 0 amide bonds. The van der Waals surface area contributed by atoms with E-state index >= 15 is 0 Å². The molecule has 0 saturated carbocycles. The molecule has 0 spiro atoms. The second kappa shape index (κ2) is 5.87. The maximum atomic E-state index is 12.1. The summed E-state index contributed by atoms with van der Waals surface area (Å²) in [5.41, 5.74) is 0. The molecule has 0 radical (unpaired) electrons. The van der Waals surface area contributed by atoms with Gasteiger partial charge in [0, 0.05) is 6.04 Å². The van der Waals surface area contributed by atoms with E-state index in [-0.39, 0.29) is 0 Å². The Bertz CT molecular complexity index is 196. The van der Waals surface area contributed by atoms with Crippen LogP contribution in [-0.4, -0.2) is 43.3 Å². The normalized spacial score (nSPS) is 20.6. The third-order valence-electron chi connectivity index (χ3n) is 2.81. The van der Waals surface area contributed by atoms with E-state index in [0.29, 0.717) is 25.0 Å². The topological polar surface area (TPSA) is 15.3 Å². The number of nitrogens with one attached hydrogen (secondary N) is 1. The predicted molar refractivity (Wildman–Crippen MR) is 58.4 cm³/mol. The van der Waals surface area contributed by atoms with E-state index in [1.807, 2.05) is 0 Å². The average Bonchev–Trinajstić information content (AvgIpc) is 2.14. The Morgan fingerprint density at radius 3 is 2.25 bits per heavy atom. The van der Waals surface area contributed by atoms with Gasteiger partial charge in [0.1, 0.15) is 0 Å². The molecule has 0 bridgehead atoms. The summed E-state index contributed by atoms with van der Waals surface area (Å²) in [7, 11) is 0. The van der Waals surface area contributed by atoms with Crippen LogP contribution in [0.5, 0.6) is 0 Å². The van der Waals surface area contributed by atoms with Gasteiger partial charge in [-0.15, -0.1) is 0 Å². The number of likely N-dealkylation sites (tertiary alicyclic amines) is 1. The first-order valence-electron chi connectivity index (χ1n) is 5.89. The molecule has 0 aromatic carbocycles. The summed E-state index contributed by atoms with van der Waals surface area (Å²) >= 11 is 0. The monoisotopic (exact) mass is 238 g/mol. The van der Waals surface area contributed by atoms with Crippen molar-refractivity contribution in [3.63, 3.8) is 0 Å². The highest BCUT2D eigenvalue weighted by Crippen LogP contribution is 2.19. The molecular weight excluding hydrogens is 217 g/mol. The molecule has 1 heterocycles. The van der Waals surface area contributed by atoms with E-state index in [0.717, 1.165) is 19.4 Å². The lowest BCUT2D eigenvalue weighted by atomic mass is 10.0. The molecule has 0 unspecified atom stereocenters. The summed E-state index contributed by atoms with van der Waals surface area (Å²) in [5, 5.41) is 3.40. The zero-order chi connectivity index (χ0) is 12.2. The first-order valence-corrected chi connectivity index (χ1v) is 5.89. The van der Waals surface area contributed by atoms with Gasteiger partial charge >= 0.3 is 6.18 Å². The van der Waals surface area contributed by atoms with Crippen LogP contribution >= 0.6 is 0 Å². The lowest BCUT2D eigenvalue weighted by Gasteiger charge is -2.33. The molecule has 1 saturated heterocycles. The van der Waals surface area contributed by atoms with Crippen molar-refractivity contribution in [2.75, 3.05) is 26.2 Å². The minimum Gasteiger partial charge on any atom is -0.314 e. The van der Waals surface area contributed by atoms with Crippen molar-refractivity contribution in [1.29, 1.82) is 0 Å². The van der Waals surface area contributed by atoms with Crippen LogP contribution in [0.4, 0.5) is 13.2 Å². The number of piperidine rings is 1. The van der Waals surface area contributed by atoms with Crippen molar-refractivity contribution >= 4 is 0 Å². The average molecular weight is 238 g/mol. The summed E-state index contributed by atoms with van der Waals surface area (Å²) < 4.78 is 36.4. The fourth-order valence-electron chi connectivity index (χ4n) is 1.95. The minimum absolute atomic E-state index is 0.395. The molecule has 1 fully saturated rings. The van der Waals surface area contributed by atoms with Gasteiger partial charge in [-0.1, -0.05) is 13.8 Å². The third kappa shape index (κ3) is 5.70. The van der Waals surface area contributed by atoms with Gasteiger partial charge in [0.2, 0.25) is 0 Å². The lowest BCUT2D eigenvalue weighted by molar-refractivity contribution is -0.148. The zero-order valence-corrected chi connectivity index (χ0v) is 9.98. The van der Waals surface area contributed by atoms with Crippen LogP contribution < -0.4 is 5.32 Å². The molecule has 0 aliphatic carbocycles. The van der Waals surface area contributed by atoms with Crippen molar-refractivity contribution in [3.05, 3.63) is 0 Å². The molecule has 96 valence electrons. The van der Waals surface area contributed by atoms with E-state index in [1.165, 1.54) is 4.90 Å². The highest BCUT2D eigenvalue weighted by atomic mass is 19.4. The second-order valence-electron chi connectivity index (χ2n) is 4.97. The van der Waals surface area contributed by atoms with E-state index in [2.05, 4.69) is 19.2 Å². The maximum absolute atomic E-state index is 12.1. The molecule has 1 aliphatic rings. The van der Waals surface area contributed by atoms with Crippen LogP contribution in [0.25, 0.3) is 0 Å². The van der Waals surface area contributed by atoms with Crippen molar-refractivity contribution in [1.82, 2.24) is 10.2 Å². The first kappa shape index (κ1) is 13.8. The molecule has 0 aromatic heterocycles. The number of hydrogen-bond donors (Lipinski definition) is 1. The summed E-state index contributed by atoms with van der Waals surface area (Å²) in [6, 6.07) is 0.395. The highest BCUT2D eigenvalue weighted by Gasteiger charge is 2.32. The fraction of sp³-hybridized carbons (Fsp3) is 1.00. The van der Waals surface area contributed by atoms with Crippen molar-refractivity contribution in [2.45, 2.75) is 38.9 Å². The number of rotatable bonds is 4. The molecule has 16 heavy (non-hydrogen) atoms. The summed E-state index contributed by atoms with van der Waals surface area (Å²) in [5.74, 6) is 0.591. The van der Waals surface area contributed by atoms with Crippen LogP contribution in [0, 0.1) is 5.92 Å². The third-order valence-corrected chi connectivity index (χ3v) is 2.81. The van der Waals surface area contributed by atoms with Crippen molar-refractivity contribution in [2.24, 2.45) is 5.92 Å². The van der Waals surface area contributed by atoms with E-state index in [1.54, 1.807) is 0 Å². The number of hydrogen-bond acceptors (Lipinski definition) is 2. The zero-order valence-electron chi connectivity index (χ0n) is 9.98. The van der Waals surface area contributed by atoms with Crippen LogP contribution in [-0.2, 0) is 0 Å². The Labute approximate surface area is 95.2 Å². The van der Waals surface area contributed by atoms with Gasteiger partial charge in [-0.3, -0.25) is 4.90 Å². The summed E-state index contributed by atoms with van der Waals surface area (Å²) in [4.78, 5) is 1.49. The summed E-state index contributed by atoms with van der Waals surface area (Å²) in [6.45, 7) is 5.55. The quantitative estimate of drug-likeness (QED) is 0.808. The SMILES string of the molecule is CC(C)CNC1CCN(CC(F)(F)F)CC1. The van der Waals surface area contributed by atoms with Crippen molar-refractivity contribution in [3.8, 4) is 0 Å². The largest absolute Gasteiger partial charge is 0.401 e. The predicted octanol–water partition coefficient (Wildman–Crippen LogP) is 2.26. The van der Waals surface area contributed by atoms with Crippen LogP contribution in [0.1, 0.15) is 26.7 Å². The van der Waals surface area contributed by atoms with Gasteiger partial charge < -0.3 is 5.32 Å². The molecule has 1 rings (SSSR count). The Morgan fingerprint density at radius 2 is 1.81 bits per heavy atom. The number of nitrogens with zero attached hydrogens (tertiary/aromatic N) is 1. The summed E-state index contributed by atoms with van der Waals surface area (Å²) in [6.07, 6.45) is -2.41. The Balaban J connectivity index is 2.18. The minimum atomic E-state index is -4.06. The fourth-order valence-corrected chi connectivity index (χ4v) is 1.95. The molecule has 1 N–H and O–H groups in total. The van der Waals surface area contributed by atoms with E-state index in [4.69, 9.17) is 0 Å². The van der Waals surface area contributed by atoms with Crippen LogP contribution in [0.2, 0.25) is 0 Å².